The monoisotopic (exact) mass is 191 g/mol. The van der Waals surface area contributed by atoms with Gasteiger partial charge in [-0.15, -0.1) is 0 Å². The molecule has 0 unspecified atom stereocenters. The summed E-state index contributed by atoms with van der Waals surface area (Å²) in [5.74, 6) is 0.424. The van der Waals surface area contributed by atoms with Crippen molar-refractivity contribution in [1.82, 2.24) is 0 Å². The summed E-state index contributed by atoms with van der Waals surface area (Å²) >= 11 is 0. The fourth-order valence-corrected chi connectivity index (χ4v) is 2.00. The lowest BCUT2D eigenvalue weighted by atomic mass is 9.68. The topological polar surface area (TPSA) is 66.5 Å². The van der Waals surface area contributed by atoms with Crippen LogP contribution in [0.3, 0.4) is 0 Å². The van der Waals surface area contributed by atoms with Crippen LogP contribution >= 0.6 is 0 Å². The molecule has 0 amide bonds. The van der Waals surface area contributed by atoms with Gasteiger partial charge in [0, 0.05) is 5.69 Å². The van der Waals surface area contributed by atoms with Gasteiger partial charge in [-0.25, -0.2) is 0 Å². The minimum Gasteiger partial charge on any atom is -0.423 e. The minimum atomic E-state index is -1.41. The third-order valence-electron chi connectivity index (χ3n) is 2.97. The maximum Gasteiger partial charge on any atom is 0.488 e. The number of anilines is 1. The summed E-state index contributed by atoms with van der Waals surface area (Å²) in [6.07, 6.45) is 3.42. The molecule has 4 heteroatoms. The van der Waals surface area contributed by atoms with Gasteiger partial charge in [0.05, 0.1) is 0 Å². The third-order valence-corrected chi connectivity index (χ3v) is 2.97. The Morgan fingerprint density at radius 2 is 2.00 bits per heavy atom. The Balaban J connectivity index is 2.42. The van der Waals surface area contributed by atoms with Crippen molar-refractivity contribution in [1.29, 1.82) is 0 Å². The van der Waals surface area contributed by atoms with Crippen molar-refractivity contribution in [3.8, 4) is 0 Å². The Labute approximate surface area is 83.7 Å². The van der Waals surface area contributed by atoms with Gasteiger partial charge >= 0.3 is 7.12 Å². The van der Waals surface area contributed by atoms with Crippen LogP contribution in [0.25, 0.3) is 0 Å². The van der Waals surface area contributed by atoms with Crippen LogP contribution in [0.1, 0.15) is 30.7 Å². The quantitative estimate of drug-likeness (QED) is 0.462. The zero-order chi connectivity index (χ0) is 10.1. The van der Waals surface area contributed by atoms with Gasteiger partial charge in [-0.1, -0.05) is 18.6 Å². The summed E-state index contributed by atoms with van der Waals surface area (Å²) in [6, 6.07) is 5.31. The van der Waals surface area contributed by atoms with E-state index < -0.39 is 7.12 Å². The lowest BCUT2D eigenvalue weighted by molar-refractivity contribution is 0.411. The van der Waals surface area contributed by atoms with Gasteiger partial charge in [0.2, 0.25) is 0 Å². The number of nitrogen functional groups attached to an aromatic ring is 1. The zero-order valence-corrected chi connectivity index (χ0v) is 7.98. The maximum absolute atomic E-state index is 9.20. The number of hydrogen-bond acceptors (Lipinski definition) is 3. The maximum atomic E-state index is 9.20. The van der Waals surface area contributed by atoms with Gasteiger partial charge < -0.3 is 15.8 Å². The fraction of sp³-hybridized carbons (Fsp3) is 0.400. The van der Waals surface area contributed by atoms with E-state index in [1.165, 1.54) is 6.42 Å². The van der Waals surface area contributed by atoms with E-state index in [0.29, 0.717) is 17.1 Å². The van der Waals surface area contributed by atoms with E-state index in [2.05, 4.69) is 0 Å². The fourth-order valence-electron chi connectivity index (χ4n) is 2.00. The van der Waals surface area contributed by atoms with Crippen molar-refractivity contribution in [3.05, 3.63) is 23.8 Å². The van der Waals surface area contributed by atoms with E-state index in [1.54, 1.807) is 12.1 Å². The van der Waals surface area contributed by atoms with Crippen molar-refractivity contribution >= 4 is 18.3 Å². The molecule has 74 valence electrons. The number of benzene rings is 1. The lowest BCUT2D eigenvalue weighted by Gasteiger charge is -2.29. The van der Waals surface area contributed by atoms with Gasteiger partial charge in [0.1, 0.15) is 0 Å². The Morgan fingerprint density at radius 1 is 1.29 bits per heavy atom. The van der Waals surface area contributed by atoms with E-state index in [-0.39, 0.29) is 0 Å². The van der Waals surface area contributed by atoms with E-state index in [4.69, 9.17) is 5.73 Å². The summed E-state index contributed by atoms with van der Waals surface area (Å²) in [5.41, 5.74) is 8.03. The molecule has 0 atom stereocenters. The van der Waals surface area contributed by atoms with Crippen molar-refractivity contribution in [3.63, 3.8) is 0 Å². The highest BCUT2D eigenvalue weighted by Gasteiger charge is 2.27. The third kappa shape index (κ3) is 1.51. The first-order valence-electron chi connectivity index (χ1n) is 4.94. The van der Waals surface area contributed by atoms with Crippen LogP contribution in [0.5, 0.6) is 0 Å². The molecule has 0 saturated heterocycles. The molecule has 1 fully saturated rings. The molecule has 1 aliphatic rings. The summed E-state index contributed by atoms with van der Waals surface area (Å²) in [7, 11) is -1.41. The molecule has 0 radical (unpaired) electrons. The summed E-state index contributed by atoms with van der Waals surface area (Å²) in [6.45, 7) is 0. The van der Waals surface area contributed by atoms with E-state index in [0.717, 1.165) is 18.4 Å². The molecule has 0 heterocycles. The van der Waals surface area contributed by atoms with Crippen molar-refractivity contribution in [2.45, 2.75) is 25.2 Å². The predicted octanol–water partition coefficient (Wildman–Crippen LogP) is 0.216. The van der Waals surface area contributed by atoms with Crippen LogP contribution in [-0.4, -0.2) is 17.2 Å². The second-order valence-corrected chi connectivity index (χ2v) is 3.85. The molecule has 1 aliphatic carbocycles. The van der Waals surface area contributed by atoms with Crippen LogP contribution in [0.2, 0.25) is 0 Å². The minimum absolute atomic E-state index is 0.424. The summed E-state index contributed by atoms with van der Waals surface area (Å²) in [5, 5.41) is 18.4. The molecule has 4 N–H and O–H groups in total. The van der Waals surface area contributed by atoms with E-state index >= 15 is 0 Å². The molecular weight excluding hydrogens is 177 g/mol. The second-order valence-electron chi connectivity index (χ2n) is 3.85. The summed E-state index contributed by atoms with van der Waals surface area (Å²) < 4.78 is 0. The average Bonchev–Trinajstić information content (AvgIpc) is 2.04. The van der Waals surface area contributed by atoms with Crippen molar-refractivity contribution in [2.75, 3.05) is 5.73 Å². The number of hydrogen-bond donors (Lipinski definition) is 3. The lowest BCUT2D eigenvalue weighted by Crippen LogP contribution is -2.35. The average molecular weight is 191 g/mol. The van der Waals surface area contributed by atoms with E-state index in [1.807, 2.05) is 6.07 Å². The van der Waals surface area contributed by atoms with Crippen molar-refractivity contribution < 1.29 is 10.0 Å². The number of nitrogens with two attached hydrogens (primary N) is 1. The van der Waals surface area contributed by atoms with E-state index in [9.17, 15) is 10.0 Å². The normalized spacial score (nSPS) is 16.4. The van der Waals surface area contributed by atoms with Gasteiger partial charge in [0.15, 0.2) is 0 Å². The smallest absolute Gasteiger partial charge is 0.423 e. The highest BCUT2D eigenvalue weighted by Crippen LogP contribution is 2.37. The molecule has 1 aromatic carbocycles. The highest BCUT2D eigenvalue weighted by molar-refractivity contribution is 6.59. The first-order valence-corrected chi connectivity index (χ1v) is 4.94. The molecule has 1 saturated carbocycles. The Kier molecular flexibility index (Phi) is 2.48. The standard InChI is InChI=1S/C10H14BNO2/c12-9-6-2-5-8(11(13)14)10(9)7-3-1-4-7/h2,5-7,13-14H,1,3-4,12H2. The first kappa shape index (κ1) is 9.56. The van der Waals surface area contributed by atoms with Gasteiger partial charge in [0.25, 0.3) is 0 Å². The van der Waals surface area contributed by atoms with Crippen LogP contribution in [-0.2, 0) is 0 Å². The Bertz CT molecular complexity index is 337. The molecule has 1 aromatic rings. The molecule has 2 rings (SSSR count). The predicted molar refractivity (Wildman–Crippen MR) is 57.3 cm³/mol. The van der Waals surface area contributed by atoms with Gasteiger partial charge in [-0.05, 0) is 35.9 Å². The van der Waals surface area contributed by atoms with Crippen LogP contribution in [0.15, 0.2) is 18.2 Å². The Hall–Kier alpha value is -0.995. The molecular formula is C10H14BNO2. The first-order chi connectivity index (χ1) is 6.70. The van der Waals surface area contributed by atoms with Crippen LogP contribution in [0.4, 0.5) is 5.69 Å². The number of rotatable bonds is 2. The summed E-state index contributed by atoms with van der Waals surface area (Å²) in [4.78, 5) is 0. The molecule has 0 spiro atoms. The SMILES string of the molecule is Nc1cccc(B(O)O)c1C1CCC1. The molecule has 3 nitrogen and oxygen atoms in total. The van der Waals surface area contributed by atoms with Crippen LogP contribution in [0, 0.1) is 0 Å². The van der Waals surface area contributed by atoms with Gasteiger partial charge in [-0.2, -0.15) is 0 Å². The largest absolute Gasteiger partial charge is 0.488 e. The second kappa shape index (κ2) is 3.63. The highest BCUT2D eigenvalue weighted by atomic mass is 16.4. The Morgan fingerprint density at radius 3 is 2.50 bits per heavy atom. The zero-order valence-electron chi connectivity index (χ0n) is 7.98. The molecule has 0 bridgehead atoms. The van der Waals surface area contributed by atoms with Gasteiger partial charge in [-0.3, -0.25) is 0 Å². The molecule has 0 aromatic heterocycles. The van der Waals surface area contributed by atoms with Crippen molar-refractivity contribution in [2.24, 2.45) is 0 Å². The molecule has 0 aliphatic heterocycles. The molecule has 14 heavy (non-hydrogen) atoms. The van der Waals surface area contributed by atoms with Crippen LogP contribution < -0.4 is 11.2 Å².